The fourth-order valence-electron chi connectivity index (χ4n) is 1.54. The lowest BCUT2D eigenvalue weighted by Crippen LogP contribution is -2.31. The first-order valence-electron chi connectivity index (χ1n) is 5.10. The second kappa shape index (κ2) is 3.62. The summed E-state index contributed by atoms with van der Waals surface area (Å²) in [6.07, 6.45) is 5.21. The number of nitrogens with one attached hydrogen (secondary N) is 1. The summed E-state index contributed by atoms with van der Waals surface area (Å²) >= 11 is 0. The zero-order valence-corrected chi connectivity index (χ0v) is 8.79. The van der Waals surface area contributed by atoms with Crippen LogP contribution in [0.3, 0.4) is 0 Å². The molecule has 1 fully saturated rings. The molecule has 4 heteroatoms. The minimum Gasteiger partial charge on any atom is -0.329 e. The van der Waals surface area contributed by atoms with Gasteiger partial charge in [-0.1, -0.05) is 0 Å². The minimum absolute atomic E-state index is 0.0410. The number of carbonyl (C=O) groups is 1. The van der Waals surface area contributed by atoms with Crippen molar-refractivity contribution in [2.24, 2.45) is 11.1 Å². The van der Waals surface area contributed by atoms with Crippen LogP contribution >= 0.6 is 0 Å². The Bertz CT molecular complexity index is 385. The van der Waals surface area contributed by atoms with Crippen LogP contribution in [0.25, 0.3) is 0 Å². The number of rotatable bonds is 3. The van der Waals surface area contributed by atoms with Crippen LogP contribution in [-0.4, -0.2) is 17.4 Å². The molecule has 1 saturated carbocycles. The first-order chi connectivity index (χ1) is 7.18. The molecule has 4 nitrogen and oxygen atoms in total. The summed E-state index contributed by atoms with van der Waals surface area (Å²) in [7, 11) is 0. The summed E-state index contributed by atoms with van der Waals surface area (Å²) in [5.41, 5.74) is 7.09. The van der Waals surface area contributed by atoms with Crippen molar-refractivity contribution in [1.82, 2.24) is 4.98 Å². The monoisotopic (exact) mass is 205 g/mol. The molecule has 2 rings (SSSR count). The highest BCUT2D eigenvalue weighted by Gasteiger charge is 2.48. The normalized spacial score (nSPS) is 17.2. The van der Waals surface area contributed by atoms with Crippen LogP contribution in [0.4, 0.5) is 5.69 Å². The first kappa shape index (κ1) is 10.1. The van der Waals surface area contributed by atoms with E-state index in [0.29, 0.717) is 6.54 Å². The van der Waals surface area contributed by atoms with Gasteiger partial charge in [0.15, 0.2) is 0 Å². The van der Waals surface area contributed by atoms with Gasteiger partial charge < -0.3 is 11.1 Å². The third-order valence-electron chi connectivity index (χ3n) is 2.99. The van der Waals surface area contributed by atoms with Gasteiger partial charge in [0.2, 0.25) is 5.91 Å². The molecule has 3 N–H and O–H groups in total. The molecular formula is C11H15N3O. The van der Waals surface area contributed by atoms with Crippen LogP contribution in [0, 0.1) is 12.3 Å². The maximum atomic E-state index is 11.9. The topological polar surface area (TPSA) is 68.0 Å². The lowest BCUT2D eigenvalue weighted by Gasteiger charge is -2.13. The number of carbonyl (C=O) groups excluding carboxylic acids is 1. The summed E-state index contributed by atoms with van der Waals surface area (Å²) in [4.78, 5) is 15.8. The van der Waals surface area contributed by atoms with Crippen molar-refractivity contribution in [3.05, 3.63) is 24.0 Å². The van der Waals surface area contributed by atoms with Crippen LogP contribution < -0.4 is 11.1 Å². The van der Waals surface area contributed by atoms with Gasteiger partial charge >= 0.3 is 0 Å². The summed E-state index contributed by atoms with van der Waals surface area (Å²) in [6, 6.07) is 1.81. The number of nitrogens with zero attached hydrogens (tertiary/aromatic N) is 1. The van der Waals surface area contributed by atoms with Crippen LogP contribution in [0.1, 0.15) is 18.4 Å². The van der Waals surface area contributed by atoms with Crippen molar-refractivity contribution in [1.29, 1.82) is 0 Å². The number of hydrogen-bond acceptors (Lipinski definition) is 3. The molecule has 1 aliphatic carbocycles. The van der Waals surface area contributed by atoms with Crippen LogP contribution in [0.15, 0.2) is 18.5 Å². The second-order valence-corrected chi connectivity index (χ2v) is 4.13. The highest BCUT2D eigenvalue weighted by molar-refractivity contribution is 5.97. The van der Waals surface area contributed by atoms with Crippen molar-refractivity contribution in [2.75, 3.05) is 11.9 Å². The van der Waals surface area contributed by atoms with E-state index < -0.39 is 0 Å². The van der Waals surface area contributed by atoms with Crippen LogP contribution in [-0.2, 0) is 4.79 Å². The third kappa shape index (κ3) is 1.85. The molecule has 80 valence electrons. The summed E-state index contributed by atoms with van der Waals surface area (Å²) < 4.78 is 0. The van der Waals surface area contributed by atoms with Gasteiger partial charge in [-0.25, -0.2) is 0 Å². The van der Waals surface area contributed by atoms with Gasteiger partial charge in [0.05, 0.1) is 5.41 Å². The second-order valence-electron chi connectivity index (χ2n) is 4.13. The number of amides is 1. The van der Waals surface area contributed by atoms with E-state index in [4.69, 9.17) is 5.73 Å². The number of pyridine rings is 1. The SMILES string of the molecule is Cc1cnccc1NC(=O)C1(CN)CC1. The molecule has 0 saturated heterocycles. The van der Waals surface area contributed by atoms with E-state index in [9.17, 15) is 4.79 Å². The van der Waals surface area contributed by atoms with Crippen molar-refractivity contribution in [2.45, 2.75) is 19.8 Å². The van der Waals surface area contributed by atoms with E-state index >= 15 is 0 Å². The third-order valence-corrected chi connectivity index (χ3v) is 2.99. The molecule has 0 aromatic carbocycles. The summed E-state index contributed by atoms with van der Waals surface area (Å²) in [5, 5.41) is 2.90. The first-order valence-corrected chi connectivity index (χ1v) is 5.10. The van der Waals surface area contributed by atoms with Crippen molar-refractivity contribution < 1.29 is 4.79 Å². The summed E-state index contributed by atoms with van der Waals surface area (Å²) in [5.74, 6) is 0.0410. The molecule has 0 unspecified atom stereocenters. The quantitative estimate of drug-likeness (QED) is 0.775. The molecule has 0 bridgehead atoms. The predicted octanol–water partition coefficient (Wildman–Crippen LogP) is 1.07. The smallest absolute Gasteiger partial charge is 0.231 e. The molecule has 1 aromatic heterocycles. The fraction of sp³-hybridized carbons (Fsp3) is 0.455. The highest BCUT2D eigenvalue weighted by Crippen LogP contribution is 2.45. The Labute approximate surface area is 88.9 Å². The van der Waals surface area contributed by atoms with Gasteiger partial charge in [-0.3, -0.25) is 9.78 Å². The predicted molar refractivity (Wildman–Crippen MR) is 58.3 cm³/mol. The molecule has 0 atom stereocenters. The van der Waals surface area contributed by atoms with Crippen molar-refractivity contribution in [3.8, 4) is 0 Å². The highest BCUT2D eigenvalue weighted by atomic mass is 16.2. The Morgan fingerprint density at radius 1 is 1.67 bits per heavy atom. The van der Waals surface area contributed by atoms with Gasteiger partial charge in [0, 0.05) is 24.6 Å². The number of anilines is 1. The summed E-state index contributed by atoms with van der Waals surface area (Å²) in [6.45, 7) is 2.35. The largest absolute Gasteiger partial charge is 0.329 e. The van der Waals surface area contributed by atoms with E-state index in [1.165, 1.54) is 0 Å². The molecule has 1 amide bonds. The van der Waals surface area contributed by atoms with E-state index in [2.05, 4.69) is 10.3 Å². The Kier molecular flexibility index (Phi) is 2.44. The Morgan fingerprint density at radius 3 is 2.93 bits per heavy atom. The average molecular weight is 205 g/mol. The van der Waals surface area contributed by atoms with Crippen LogP contribution in [0.5, 0.6) is 0 Å². The lowest BCUT2D eigenvalue weighted by molar-refractivity contribution is -0.120. The number of aryl methyl sites for hydroxylation is 1. The number of nitrogens with two attached hydrogens (primary N) is 1. The lowest BCUT2D eigenvalue weighted by atomic mass is 10.1. The molecule has 0 aliphatic heterocycles. The van der Waals surface area contributed by atoms with E-state index in [-0.39, 0.29) is 11.3 Å². The maximum Gasteiger partial charge on any atom is 0.231 e. The number of aromatic nitrogens is 1. The van der Waals surface area contributed by atoms with Crippen molar-refractivity contribution in [3.63, 3.8) is 0 Å². The molecule has 0 spiro atoms. The fourth-order valence-corrected chi connectivity index (χ4v) is 1.54. The van der Waals surface area contributed by atoms with Gasteiger partial charge in [-0.05, 0) is 31.4 Å². The van der Waals surface area contributed by atoms with E-state index in [0.717, 1.165) is 24.1 Å². The zero-order valence-electron chi connectivity index (χ0n) is 8.79. The van der Waals surface area contributed by atoms with E-state index in [1.807, 2.05) is 6.92 Å². The van der Waals surface area contributed by atoms with Crippen molar-refractivity contribution >= 4 is 11.6 Å². The van der Waals surface area contributed by atoms with Gasteiger partial charge in [-0.15, -0.1) is 0 Å². The van der Waals surface area contributed by atoms with Gasteiger partial charge in [0.25, 0.3) is 0 Å². The van der Waals surface area contributed by atoms with E-state index in [1.54, 1.807) is 18.5 Å². The molecule has 1 heterocycles. The number of hydrogen-bond donors (Lipinski definition) is 2. The van der Waals surface area contributed by atoms with Gasteiger partial charge in [-0.2, -0.15) is 0 Å². The average Bonchev–Trinajstić information content (AvgIpc) is 3.02. The Hall–Kier alpha value is -1.42. The Morgan fingerprint density at radius 2 is 2.40 bits per heavy atom. The molecule has 1 aliphatic rings. The molecule has 0 radical (unpaired) electrons. The molecule has 15 heavy (non-hydrogen) atoms. The molecular weight excluding hydrogens is 190 g/mol. The molecule has 1 aromatic rings. The Balaban J connectivity index is 2.10. The maximum absolute atomic E-state index is 11.9. The standard InChI is InChI=1S/C11H15N3O/c1-8-6-13-5-2-9(8)14-10(15)11(7-12)3-4-11/h2,5-6H,3-4,7,12H2,1H3,(H,13,14,15). The van der Waals surface area contributed by atoms with Crippen LogP contribution in [0.2, 0.25) is 0 Å². The minimum atomic E-state index is -0.296. The zero-order chi connectivity index (χ0) is 10.9. The van der Waals surface area contributed by atoms with Gasteiger partial charge in [0.1, 0.15) is 0 Å².